The quantitative estimate of drug-likeness (QED) is 0.356. The van der Waals surface area contributed by atoms with Crippen LogP contribution in [0.25, 0.3) is 0 Å². The monoisotopic (exact) mass is 486 g/mol. The van der Waals surface area contributed by atoms with Gasteiger partial charge in [0.05, 0.1) is 21.3 Å². The van der Waals surface area contributed by atoms with E-state index >= 15 is 0 Å². The summed E-state index contributed by atoms with van der Waals surface area (Å²) in [4.78, 5) is 28.5. The summed E-state index contributed by atoms with van der Waals surface area (Å²) in [6, 6.07) is 8.80. The Labute approximate surface area is 202 Å². The highest BCUT2D eigenvalue weighted by molar-refractivity contribution is 7.96. The number of aryl methyl sites for hydroxylation is 2. The van der Waals surface area contributed by atoms with E-state index in [-0.39, 0.29) is 17.1 Å². The van der Waals surface area contributed by atoms with Crippen LogP contribution >= 0.6 is 7.14 Å². The number of benzene rings is 2. The van der Waals surface area contributed by atoms with Gasteiger partial charge in [-0.3, -0.25) is 9.59 Å². The van der Waals surface area contributed by atoms with Crippen LogP contribution in [0.2, 0.25) is 0 Å². The first-order chi connectivity index (χ1) is 16.4. The van der Waals surface area contributed by atoms with E-state index in [1.165, 1.54) is 21.3 Å². The molecule has 184 valence electrons. The minimum Gasteiger partial charge on any atom is -0.496 e. The molecule has 0 N–H and O–H groups in total. The SMILES string of the molecule is CCc1cccc(CC)c1C(=O)P(=O)(C(=O)c1c(OC)cc(OC)cc1OC)C1CCCCC1. The zero-order valence-electron chi connectivity index (χ0n) is 20.8. The summed E-state index contributed by atoms with van der Waals surface area (Å²) in [7, 11) is 0.278. The second-order valence-corrected chi connectivity index (χ2v) is 11.5. The molecule has 2 aromatic rings. The van der Waals surface area contributed by atoms with Gasteiger partial charge in [0.2, 0.25) is 18.2 Å². The first kappa shape index (κ1) is 26.0. The smallest absolute Gasteiger partial charge is 0.236 e. The van der Waals surface area contributed by atoms with Gasteiger partial charge in [-0.25, -0.2) is 0 Å². The van der Waals surface area contributed by atoms with E-state index in [0.717, 1.165) is 30.4 Å². The zero-order valence-corrected chi connectivity index (χ0v) is 21.7. The van der Waals surface area contributed by atoms with Crippen molar-refractivity contribution in [3.63, 3.8) is 0 Å². The number of methoxy groups -OCH3 is 3. The Morgan fingerprint density at radius 3 is 1.76 bits per heavy atom. The summed E-state index contributed by atoms with van der Waals surface area (Å²) in [5.41, 5.74) is 0.421. The predicted octanol–water partition coefficient (Wildman–Crippen LogP) is 6.51. The molecule has 1 atom stereocenters. The summed E-state index contributed by atoms with van der Waals surface area (Å²) < 4.78 is 31.3. The minimum absolute atomic E-state index is 0.0417. The number of hydrogen-bond acceptors (Lipinski definition) is 6. The molecular formula is C27H35O6P. The molecule has 0 spiro atoms. The van der Waals surface area contributed by atoms with Crippen LogP contribution in [0, 0.1) is 0 Å². The summed E-state index contributed by atoms with van der Waals surface area (Å²) in [6.45, 7) is 3.93. The molecule has 0 saturated heterocycles. The fourth-order valence-electron chi connectivity index (χ4n) is 4.93. The van der Waals surface area contributed by atoms with Crippen LogP contribution in [0.5, 0.6) is 17.2 Å². The zero-order chi connectivity index (χ0) is 24.9. The number of hydrogen-bond donors (Lipinski definition) is 0. The number of ether oxygens (including phenoxy) is 3. The van der Waals surface area contributed by atoms with Crippen molar-refractivity contribution in [3.05, 3.63) is 52.6 Å². The normalized spacial score (nSPS) is 15.9. The van der Waals surface area contributed by atoms with Crippen LogP contribution < -0.4 is 14.2 Å². The van der Waals surface area contributed by atoms with E-state index in [1.54, 1.807) is 12.1 Å². The largest absolute Gasteiger partial charge is 0.496 e. The summed E-state index contributed by atoms with van der Waals surface area (Å²) in [5.74, 6) is 0.808. The molecule has 2 aromatic carbocycles. The Morgan fingerprint density at radius 2 is 1.32 bits per heavy atom. The number of rotatable bonds is 10. The molecule has 0 radical (unpaired) electrons. The molecule has 34 heavy (non-hydrogen) atoms. The molecule has 1 saturated carbocycles. The highest BCUT2D eigenvalue weighted by Gasteiger charge is 2.50. The van der Waals surface area contributed by atoms with Crippen molar-refractivity contribution in [2.45, 2.75) is 64.5 Å². The van der Waals surface area contributed by atoms with Crippen molar-refractivity contribution < 1.29 is 28.4 Å². The summed E-state index contributed by atoms with van der Waals surface area (Å²) in [5, 5.41) is 0. The van der Waals surface area contributed by atoms with Gasteiger partial charge < -0.3 is 18.8 Å². The Hall–Kier alpha value is -2.59. The minimum atomic E-state index is -4.08. The Balaban J connectivity index is 2.28. The topological polar surface area (TPSA) is 78.9 Å². The molecule has 1 unspecified atom stereocenters. The molecule has 1 aliphatic carbocycles. The van der Waals surface area contributed by atoms with Crippen molar-refractivity contribution >= 4 is 18.2 Å². The van der Waals surface area contributed by atoms with E-state index in [2.05, 4.69) is 0 Å². The van der Waals surface area contributed by atoms with E-state index < -0.39 is 23.8 Å². The maximum Gasteiger partial charge on any atom is 0.236 e. The third-order valence-electron chi connectivity index (χ3n) is 6.83. The molecule has 0 heterocycles. The van der Waals surface area contributed by atoms with Gasteiger partial charge in [0, 0.05) is 23.4 Å². The van der Waals surface area contributed by atoms with E-state index in [0.29, 0.717) is 37.0 Å². The second-order valence-electron chi connectivity index (χ2n) is 8.63. The molecule has 3 rings (SSSR count). The van der Waals surface area contributed by atoms with Crippen LogP contribution in [0.1, 0.15) is 77.8 Å². The lowest BCUT2D eigenvalue weighted by molar-refractivity contribution is 0.103. The van der Waals surface area contributed by atoms with Gasteiger partial charge in [-0.15, -0.1) is 0 Å². The Kier molecular flexibility index (Phi) is 8.59. The average molecular weight is 487 g/mol. The van der Waals surface area contributed by atoms with Crippen molar-refractivity contribution in [3.8, 4) is 17.2 Å². The van der Waals surface area contributed by atoms with Gasteiger partial charge in [-0.05, 0) is 36.8 Å². The number of carbonyl (C=O) groups excluding carboxylic acids is 2. The maximum atomic E-state index is 15.0. The van der Waals surface area contributed by atoms with Gasteiger partial charge >= 0.3 is 0 Å². The third kappa shape index (κ3) is 4.65. The second kappa shape index (κ2) is 11.2. The predicted molar refractivity (Wildman–Crippen MR) is 134 cm³/mol. The maximum absolute atomic E-state index is 15.0. The highest BCUT2D eigenvalue weighted by atomic mass is 31.2. The molecule has 6 nitrogen and oxygen atoms in total. The fourth-order valence-corrected chi connectivity index (χ4v) is 8.05. The van der Waals surface area contributed by atoms with Gasteiger partial charge in [-0.2, -0.15) is 0 Å². The molecule has 1 fully saturated rings. The van der Waals surface area contributed by atoms with Gasteiger partial charge in [0.1, 0.15) is 22.8 Å². The van der Waals surface area contributed by atoms with Crippen LogP contribution in [0.4, 0.5) is 0 Å². The van der Waals surface area contributed by atoms with E-state index in [9.17, 15) is 14.2 Å². The first-order valence-electron chi connectivity index (χ1n) is 12.0. The van der Waals surface area contributed by atoms with Gasteiger partial charge in [0.25, 0.3) is 0 Å². The van der Waals surface area contributed by atoms with Crippen LogP contribution in [-0.4, -0.2) is 38.0 Å². The van der Waals surface area contributed by atoms with Crippen molar-refractivity contribution in [1.29, 1.82) is 0 Å². The molecule has 0 aromatic heterocycles. The lowest BCUT2D eigenvalue weighted by Gasteiger charge is -2.30. The number of carbonyl (C=O) groups is 2. The van der Waals surface area contributed by atoms with E-state index in [4.69, 9.17) is 14.2 Å². The van der Waals surface area contributed by atoms with Gasteiger partial charge in [-0.1, -0.05) is 51.3 Å². The Morgan fingerprint density at radius 1 is 0.824 bits per heavy atom. The molecule has 0 aliphatic heterocycles. The molecule has 0 amide bonds. The van der Waals surface area contributed by atoms with Crippen molar-refractivity contribution in [2.75, 3.05) is 21.3 Å². The van der Waals surface area contributed by atoms with Crippen LogP contribution in [0.3, 0.4) is 0 Å². The molecule has 7 heteroatoms. The van der Waals surface area contributed by atoms with Crippen LogP contribution in [0.15, 0.2) is 30.3 Å². The summed E-state index contributed by atoms with van der Waals surface area (Å²) in [6.07, 6.45) is 5.12. The lowest BCUT2D eigenvalue weighted by Crippen LogP contribution is -2.25. The molecule has 1 aliphatic rings. The highest BCUT2D eigenvalue weighted by Crippen LogP contribution is 2.62. The van der Waals surface area contributed by atoms with E-state index in [1.807, 2.05) is 32.0 Å². The molecular weight excluding hydrogens is 451 g/mol. The molecule has 0 bridgehead atoms. The van der Waals surface area contributed by atoms with Gasteiger partial charge in [0.15, 0.2) is 0 Å². The van der Waals surface area contributed by atoms with Crippen molar-refractivity contribution in [2.24, 2.45) is 0 Å². The summed E-state index contributed by atoms with van der Waals surface area (Å²) >= 11 is 0. The lowest BCUT2D eigenvalue weighted by atomic mass is 9.98. The standard InChI is InChI=1S/C27H35O6P/c1-6-18-12-11-13-19(7-2)24(18)26(28)34(30,21-14-9-8-10-15-21)27(29)25-22(32-4)16-20(31-3)17-23(25)33-5/h11-13,16-17,21H,6-10,14-15H2,1-5H3. The van der Waals surface area contributed by atoms with Crippen LogP contribution in [-0.2, 0) is 17.4 Å². The third-order valence-corrected chi connectivity index (χ3v) is 10.0. The van der Waals surface area contributed by atoms with Crippen molar-refractivity contribution in [1.82, 2.24) is 0 Å². The first-order valence-corrected chi connectivity index (χ1v) is 13.7. The Bertz CT molecular complexity index is 1050. The average Bonchev–Trinajstić information content (AvgIpc) is 2.90. The fraction of sp³-hybridized carbons (Fsp3) is 0.481.